The first-order valence-electron chi connectivity index (χ1n) is 11.0. The molecule has 0 radical (unpaired) electrons. The molecule has 0 unspecified atom stereocenters. The fourth-order valence-electron chi connectivity index (χ4n) is 3.78. The van der Waals surface area contributed by atoms with Crippen molar-refractivity contribution in [3.8, 4) is 0 Å². The Morgan fingerprint density at radius 3 is 2.83 bits per heavy atom. The number of nitrogens with zero attached hydrogens (tertiary/aromatic N) is 5. The normalized spacial score (nSPS) is 15.1. The molecule has 1 saturated heterocycles. The average Bonchev–Trinajstić information content (AvgIpc) is 3.20. The number of pyridine rings is 1. The zero-order valence-corrected chi connectivity index (χ0v) is 18.6. The largest absolute Gasteiger partial charge is 0.379 e. The van der Waals surface area contributed by atoms with Crippen molar-refractivity contribution < 1.29 is 4.74 Å². The molecular formula is C23H31N5OS. The summed E-state index contributed by atoms with van der Waals surface area (Å²) in [4.78, 5) is 8.22. The van der Waals surface area contributed by atoms with Gasteiger partial charge in [-0.2, -0.15) is 0 Å². The molecule has 160 valence electrons. The second-order valence-electron chi connectivity index (χ2n) is 7.95. The lowest BCUT2D eigenvalue weighted by atomic mass is 10.1. The standard InChI is InChI=1S/C23H31N5OS/c1-19-6-7-21-22(16-19)24-9-8-23(21)30-15-5-3-2-4-10-28-18-20(25-26-28)17-27-11-13-29-14-12-27/h6-9,16,18H,2-5,10-15,17H2,1H3. The second kappa shape index (κ2) is 10.9. The number of morpholine rings is 1. The quantitative estimate of drug-likeness (QED) is 0.356. The van der Waals surface area contributed by atoms with Crippen molar-refractivity contribution in [3.63, 3.8) is 0 Å². The van der Waals surface area contributed by atoms with E-state index in [4.69, 9.17) is 4.74 Å². The number of ether oxygens (including phenoxy) is 1. The summed E-state index contributed by atoms with van der Waals surface area (Å²) in [6, 6.07) is 8.67. The molecule has 4 rings (SSSR count). The molecule has 0 bridgehead atoms. The van der Waals surface area contributed by atoms with Gasteiger partial charge in [-0.3, -0.25) is 14.6 Å². The Kier molecular flexibility index (Phi) is 7.72. The van der Waals surface area contributed by atoms with E-state index in [-0.39, 0.29) is 0 Å². The first kappa shape index (κ1) is 21.3. The summed E-state index contributed by atoms with van der Waals surface area (Å²) in [5.74, 6) is 1.15. The van der Waals surface area contributed by atoms with E-state index < -0.39 is 0 Å². The smallest absolute Gasteiger partial charge is 0.0967 e. The first-order chi connectivity index (χ1) is 14.8. The Hall–Kier alpha value is -1.96. The van der Waals surface area contributed by atoms with E-state index in [0.29, 0.717) is 0 Å². The third-order valence-corrected chi connectivity index (χ3v) is 6.63. The van der Waals surface area contributed by atoms with Gasteiger partial charge in [-0.1, -0.05) is 30.2 Å². The lowest BCUT2D eigenvalue weighted by Crippen LogP contribution is -2.35. The molecule has 2 aromatic heterocycles. The van der Waals surface area contributed by atoms with E-state index in [2.05, 4.69) is 57.6 Å². The minimum atomic E-state index is 0.823. The minimum absolute atomic E-state index is 0.823. The summed E-state index contributed by atoms with van der Waals surface area (Å²) < 4.78 is 7.39. The van der Waals surface area contributed by atoms with E-state index in [0.717, 1.165) is 62.8 Å². The number of hydrogen-bond acceptors (Lipinski definition) is 6. The molecule has 0 spiro atoms. The summed E-state index contributed by atoms with van der Waals surface area (Å²) >= 11 is 1.95. The molecule has 0 saturated carbocycles. The highest BCUT2D eigenvalue weighted by molar-refractivity contribution is 7.99. The zero-order chi connectivity index (χ0) is 20.6. The molecule has 1 aliphatic rings. The maximum Gasteiger partial charge on any atom is 0.0967 e. The lowest BCUT2D eigenvalue weighted by Gasteiger charge is -2.25. The van der Waals surface area contributed by atoms with E-state index in [1.54, 1.807) is 0 Å². The van der Waals surface area contributed by atoms with Crippen LogP contribution in [0, 0.1) is 6.92 Å². The molecule has 0 amide bonds. The van der Waals surface area contributed by atoms with Crippen LogP contribution in [0.25, 0.3) is 10.9 Å². The number of benzene rings is 1. The van der Waals surface area contributed by atoms with Gasteiger partial charge in [0.2, 0.25) is 0 Å². The van der Waals surface area contributed by atoms with Gasteiger partial charge in [0.15, 0.2) is 0 Å². The van der Waals surface area contributed by atoms with Gasteiger partial charge in [0.25, 0.3) is 0 Å². The van der Waals surface area contributed by atoms with Crippen molar-refractivity contribution in [2.45, 2.75) is 50.6 Å². The molecule has 3 heterocycles. The molecule has 0 atom stereocenters. The second-order valence-corrected chi connectivity index (χ2v) is 9.09. The monoisotopic (exact) mass is 425 g/mol. The van der Waals surface area contributed by atoms with E-state index in [1.165, 1.54) is 35.1 Å². The van der Waals surface area contributed by atoms with Crippen LogP contribution in [0.15, 0.2) is 41.6 Å². The van der Waals surface area contributed by atoms with E-state index >= 15 is 0 Å². The lowest BCUT2D eigenvalue weighted by molar-refractivity contribution is 0.0336. The van der Waals surface area contributed by atoms with Crippen LogP contribution in [0.3, 0.4) is 0 Å². The van der Waals surface area contributed by atoms with Crippen LogP contribution in [-0.4, -0.2) is 56.9 Å². The molecule has 0 N–H and O–H groups in total. The highest BCUT2D eigenvalue weighted by atomic mass is 32.2. The number of thioether (sulfide) groups is 1. The predicted octanol–water partition coefficient (Wildman–Crippen LogP) is 4.32. The molecule has 1 fully saturated rings. The highest BCUT2D eigenvalue weighted by Gasteiger charge is 2.12. The molecular weight excluding hydrogens is 394 g/mol. The third-order valence-electron chi connectivity index (χ3n) is 5.47. The average molecular weight is 426 g/mol. The maximum atomic E-state index is 5.40. The van der Waals surface area contributed by atoms with Crippen LogP contribution in [0.4, 0.5) is 0 Å². The number of hydrogen-bond donors (Lipinski definition) is 0. The van der Waals surface area contributed by atoms with Crippen LogP contribution >= 0.6 is 11.8 Å². The van der Waals surface area contributed by atoms with Crippen LogP contribution in [0.5, 0.6) is 0 Å². The first-order valence-corrected chi connectivity index (χ1v) is 11.9. The summed E-state index contributed by atoms with van der Waals surface area (Å²) in [7, 11) is 0. The SMILES string of the molecule is Cc1ccc2c(SCCCCCCn3cc(CN4CCOCC4)nn3)ccnc2c1. The molecule has 30 heavy (non-hydrogen) atoms. The highest BCUT2D eigenvalue weighted by Crippen LogP contribution is 2.28. The Morgan fingerprint density at radius 2 is 1.93 bits per heavy atom. The molecule has 3 aromatic rings. The Morgan fingerprint density at radius 1 is 1.07 bits per heavy atom. The van der Waals surface area contributed by atoms with Gasteiger partial charge in [0.1, 0.15) is 0 Å². The van der Waals surface area contributed by atoms with Gasteiger partial charge in [-0.25, -0.2) is 0 Å². The van der Waals surface area contributed by atoms with Gasteiger partial charge in [-0.05, 0) is 43.2 Å². The van der Waals surface area contributed by atoms with Crippen LogP contribution < -0.4 is 0 Å². The molecule has 1 aromatic carbocycles. The summed E-state index contributed by atoms with van der Waals surface area (Å²) in [5, 5.41) is 9.88. The Balaban J connectivity index is 1.12. The van der Waals surface area contributed by atoms with Crippen LogP contribution in [0.2, 0.25) is 0 Å². The van der Waals surface area contributed by atoms with Crippen molar-refractivity contribution in [3.05, 3.63) is 47.9 Å². The van der Waals surface area contributed by atoms with Crippen molar-refractivity contribution in [2.24, 2.45) is 0 Å². The Bertz CT molecular complexity index is 938. The predicted molar refractivity (Wildman–Crippen MR) is 122 cm³/mol. The maximum absolute atomic E-state index is 5.40. The van der Waals surface area contributed by atoms with Crippen LogP contribution in [-0.2, 0) is 17.8 Å². The number of unbranched alkanes of at least 4 members (excludes halogenated alkanes) is 3. The molecule has 1 aliphatic heterocycles. The number of fused-ring (bicyclic) bond motifs is 1. The topological polar surface area (TPSA) is 56.1 Å². The van der Waals surface area contributed by atoms with Crippen molar-refractivity contribution in [1.29, 1.82) is 0 Å². The minimum Gasteiger partial charge on any atom is -0.379 e. The molecule has 0 aliphatic carbocycles. The summed E-state index contributed by atoms with van der Waals surface area (Å²) in [6.45, 7) is 7.57. The molecule has 6 nitrogen and oxygen atoms in total. The van der Waals surface area contributed by atoms with Gasteiger partial charge in [0, 0.05) is 48.9 Å². The number of aryl methyl sites for hydroxylation is 2. The number of aromatic nitrogens is 4. The van der Waals surface area contributed by atoms with E-state index in [9.17, 15) is 0 Å². The van der Waals surface area contributed by atoms with Gasteiger partial charge in [-0.15, -0.1) is 16.9 Å². The van der Waals surface area contributed by atoms with Gasteiger partial charge in [0.05, 0.1) is 24.4 Å². The van der Waals surface area contributed by atoms with Crippen molar-refractivity contribution in [2.75, 3.05) is 32.1 Å². The van der Waals surface area contributed by atoms with Crippen molar-refractivity contribution in [1.82, 2.24) is 24.9 Å². The zero-order valence-electron chi connectivity index (χ0n) is 17.8. The summed E-state index contributed by atoms with van der Waals surface area (Å²) in [6.07, 6.45) is 8.90. The van der Waals surface area contributed by atoms with E-state index in [1.807, 2.05) is 22.6 Å². The fourth-order valence-corrected chi connectivity index (χ4v) is 4.83. The van der Waals surface area contributed by atoms with Crippen molar-refractivity contribution >= 4 is 22.7 Å². The molecule has 7 heteroatoms. The van der Waals surface area contributed by atoms with Gasteiger partial charge >= 0.3 is 0 Å². The fraction of sp³-hybridized carbons (Fsp3) is 0.522. The Labute approximate surface area is 183 Å². The van der Waals surface area contributed by atoms with Gasteiger partial charge < -0.3 is 4.74 Å². The summed E-state index contributed by atoms with van der Waals surface area (Å²) in [5.41, 5.74) is 3.42. The third kappa shape index (κ3) is 6.03. The van der Waals surface area contributed by atoms with Crippen LogP contribution in [0.1, 0.15) is 36.9 Å². The number of rotatable bonds is 10.